The average molecular weight is 181 g/mol. The summed E-state index contributed by atoms with van der Waals surface area (Å²) in [6.07, 6.45) is 1.93. The highest BCUT2D eigenvalue weighted by atomic mass is 16.1. The molecular weight excluding hydrogens is 166 g/mol. The number of amides is 1. The molecule has 1 heterocycles. The zero-order valence-corrected chi connectivity index (χ0v) is 8.46. The van der Waals surface area contributed by atoms with Gasteiger partial charge in [0.25, 0.3) is 0 Å². The molecule has 1 N–H and O–H groups in total. The van der Waals surface area contributed by atoms with Gasteiger partial charge in [-0.15, -0.1) is 0 Å². The molecule has 1 aromatic rings. The molecule has 0 bridgehead atoms. The van der Waals surface area contributed by atoms with Gasteiger partial charge in [0.2, 0.25) is 5.91 Å². The molecule has 0 aliphatic carbocycles. The summed E-state index contributed by atoms with van der Waals surface area (Å²) in [5.74, 6) is -0.0178. The van der Waals surface area contributed by atoms with E-state index in [0.29, 0.717) is 0 Å². The van der Waals surface area contributed by atoms with Gasteiger partial charge < -0.3 is 5.32 Å². The molecule has 1 rings (SSSR count). The van der Waals surface area contributed by atoms with E-state index in [-0.39, 0.29) is 11.9 Å². The fourth-order valence-corrected chi connectivity index (χ4v) is 1.43. The molecule has 0 saturated carbocycles. The van der Waals surface area contributed by atoms with Crippen LogP contribution in [0.2, 0.25) is 0 Å². The van der Waals surface area contributed by atoms with Gasteiger partial charge in [-0.2, -0.15) is 5.10 Å². The molecule has 0 spiro atoms. The maximum absolute atomic E-state index is 10.8. The molecule has 72 valence electrons. The van der Waals surface area contributed by atoms with Crippen LogP contribution in [0.5, 0.6) is 0 Å². The lowest BCUT2D eigenvalue weighted by Crippen LogP contribution is -2.23. The van der Waals surface area contributed by atoms with Crippen molar-refractivity contribution < 1.29 is 4.79 Å². The van der Waals surface area contributed by atoms with Gasteiger partial charge in [0, 0.05) is 25.7 Å². The van der Waals surface area contributed by atoms with Crippen molar-refractivity contribution in [3.8, 4) is 0 Å². The average Bonchev–Trinajstić information content (AvgIpc) is 2.28. The van der Waals surface area contributed by atoms with Crippen molar-refractivity contribution in [3.05, 3.63) is 17.5 Å². The molecule has 0 saturated heterocycles. The van der Waals surface area contributed by atoms with Crippen LogP contribution in [0.3, 0.4) is 0 Å². The fourth-order valence-electron chi connectivity index (χ4n) is 1.43. The molecule has 0 aromatic carbocycles. The summed E-state index contributed by atoms with van der Waals surface area (Å²) >= 11 is 0. The predicted octanol–water partition coefficient (Wildman–Crippen LogP) is 0.926. The van der Waals surface area contributed by atoms with Gasteiger partial charge in [-0.1, -0.05) is 0 Å². The standard InChI is InChI=1S/C9H15N3O/c1-6(10-8(3)13)9-5-12(4)11-7(9)2/h5-6H,1-4H3,(H,10,13). The molecule has 0 fully saturated rings. The van der Waals surface area contributed by atoms with Crippen molar-refractivity contribution in [2.24, 2.45) is 7.05 Å². The third-order valence-electron chi connectivity index (χ3n) is 1.94. The molecule has 1 unspecified atom stereocenters. The van der Waals surface area contributed by atoms with E-state index in [1.54, 1.807) is 4.68 Å². The van der Waals surface area contributed by atoms with Gasteiger partial charge in [-0.25, -0.2) is 0 Å². The zero-order chi connectivity index (χ0) is 10.0. The number of carbonyl (C=O) groups excluding carboxylic acids is 1. The molecule has 0 aliphatic rings. The first kappa shape index (κ1) is 9.77. The maximum Gasteiger partial charge on any atom is 0.217 e. The third kappa shape index (κ3) is 2.31. The lowest BCUT2D eigenvalue weighted by molar-refractivity contribution is -0.119. The van der Waals surface area contributed by atoms with Gasteiger partial charge in [0.1, 0.15) is 0 Å². The smallest absolute Gasteiger partial charge is 0.217 e. The Morgan fingerprint density at radius 3 is 2.69 bits per heavy atom. The number of hydrogen-bond acceptors (Lipinski definition) is 2. The van der Waals surface area contributed by atoms with Gasteiger partial charge in [0.15, 0.2) is 0 Å². The van der Waals surface area contributed by atoms with Crippen LogP contribution in [0, 0.1) is 6.92 Å². The molecule has 4 heteroatoms. The summed E-state index contributed by atoms with van der Waals surface area (Å²) in [6, 6.07) is 0.0335. The van der Waals surface area contributed by atoms with Crippen LogP contribution in [0.4, 0.5) is 0 Å². The number of nitrogens with zero attached hydrogens (tertiary/aromatic N) is 2. The second-order valence-corrected chi connectivity index (χ2v) is 3.27. The van der Waals surface area contributed by atoms with Crippen molar-refractivity contribution in [1.82, 2.24) is 15.1 Å². The summed E-state index contributed by atoms with van der Waals surface area (Å²) in [7, 11) is 1.87. The highest BCUT2D eigenvalue weighted by molar-refractivity contribution is 5.73. The van der Waals surface area contributed by atoms with Gasteiger partial charge >= 0.3 is 0 Å². The number of aromatic nitrogens is 2. The molecule has 0 radical (unpaired) electrons. The van der Waals surface area contributed by atoms with E-state index in [4.69, 9.17) is 0 Å². The summed E-state index contributed by atoms with van der Waals surface area (Å²) in [4.78, 5) is 10.8. The van der Waals surface area contributed by atoms with E-state index in [1.165, 1.54) is 6.92 Å². The monoisotopic (exact) mass is 181 g/mol. The minimum Gasteiger partial charge on any atom is -0.350 e. The van der Waals surface area contributed by atoms with E-state index >= 15 is 0 Å². The minimum absolute atomic E-state index is 0.0178. The topological polar surface area (TPSA) is 46.9 Å². The van der Waals surface area contributed by atoms with Crippen molar-refractivity contribution >= 4 is 5.91 Å². The Morgan fingerprint density at radius 1 is 1.69 bits per heavy atom. The number of hydrogen-bond donors (Lipinski definition) is 1. The second kappa shape index (κ2) is 3.60. The summed E-state index contributed by atoms with van der Waals surface area (Å²) in [5.41, 5.74) is 2.03. The largest absolute Gasteiger partial charge is 0.350 e. The lowest BCUT2D eigenvalue weighted by atomic mass is 10.1. The highest BCUT2D eigenvalue weighted by Crippen LogP contribution is 2.14. The summed E-state index contributed by atoms with van der Waals surface area (Å²) < 4.78 is 1.75. The van der Waals surface area contributed by atoms with Gasteiger partial charge in [-0.05, 0) is 13.8 Å². The van der Waals surface area contributed by atoms with Crippen LogP contribution < -0.4 is 5.32 Å². The fraction of sp³-hybridized carbons (Fsp3) is 0.556. The molecule has 4 nitrogen and oxygen atoms in total. The van der Waals surface area contributed by atoms with Crippen molar-refractivity contribution in [3.63, 3.8) is 0 Å². The first-order valence-electron chi connectivity index (χ1n) is 4.28. The highest BCUT2D eigenvalue weighted by Gasteiger charge is 2.11. The van der Waals surface area contributed by atoms with Crippen molar-refractivity contribution in [2.75, 3.05) is 0 Å². The molecule has 1 aromatic heterocycles. The Kier molecular flexibility index (Phi) is 2.70. The van der Waals surface area contributed by atoms with Gasteiger partial charge in [-0.3, -0.25) is 9.48 Å². The Balaban J connectivity index is 2.81. The summed E-state index contributed by atoms with van der Waals surface area (Å²) in [5, 5.41) is 7.03. The van der Waals surface area contributed by atoms with Crippen LogP contribution in [0.1, 0.15) is 31.1 Å². The summed E-state index contributed by atoms with van der Waals surface area (Å²) in [6.45, 7) is 5.40. The first-order chi connectivity index (χ1) is 6.00. The Hall–Kier alpha value is -1.32. The van der Waals surface area contributed by atoms with Crippen LogP contribution in [0.25, 0.3) is 0 Å². The second-order valence-electron chi connectivity index (χ2n) is 3.27. The zero-order valence-electron chi connectivity index (χ0n) is 8.46. The Bertz CT molecular complexity index is 317. The number of carbonyl (C=O) groups is 1. The third-order valence-corrected chi connectivity index (χ3v) is 1.94. The van der Waals surface area contributed by atoms with E-state index in [2.05, 4.69) is 10.4 Å². The van der Waals surface area contributed by atoms with E-state index in [1.807, 2.05) is 27.1 Å². The molecule has 13 heavy (non-hydrogen) atoms. The number of aryl methyl sites for hydroxylation is 2. The van der Waals surface area contributed by atoms with Crippen LogP contribution in [0.15, 0.2) is 6.20 Å². The van der Waals surface area contributed by atoms with E-state index in [0.717, 1.165) is 11.3 Å². The van der Waals surface area contributed by atoms with Crippen LogP contribution in [-0.2, 0) is 11.8 Å². The molecule has 0 aliphatic heterocycles. The molecular formula is C9H15N3O. The Labute approximate surface area is 77.9 Å². The lowest BCUT2D eigenvalue weighted by Gasteiger charge is -2.10. The quantitative estimate of drug-likeness (QED) is 0.737. The SMILES string of the molecule is CC(=O)NC(C)c1cn(C)nc1C. The van der Waals surface area contributed by atoms with Gasteiger partial charge in [0.05, 0.1) is 11.7 Å². The Morgan fingerprint density at radius 2 is 2.31 bits per heavy atom. The first-order valence-corrected chi connectivity index (χ1v) is 4.28. The maximum atomic E-state index is 10.8. The molecule has 1 atom stereocenters. The minimum atomic E-state index is -0.0178. The van der Waals surface area contributed by atoms with Crippen molar-refractivity contribution in [2.45, 2.75) is 26.8 Å². The number of rotatable bonds is 2. The normalized spacial score (nSPS) is 12.6. The van der Waals surface area contributed by atoms with Crippen LogP contribution in [-0.4, -0.2) is 15.7 Å². The predicted molar refractivity (Wildman–Crippen MR) is 50.2 cm³/mol. The van der Waals surface area contributed by atoms with E-state index < -0.39 is 0 Å². The number of nitrogens with one attached hydrogen (secondary N) is 1. The van der Waals surface area contributed by atoms with Crippen molar-refractivity contribution in [1.29, 1.82) is 0 Å². The van der Waals surface area contributed by atoms with Crippen LogP contribution >= 0.6 is 0 Å². The van der Waals surface area contributed by atoms with E-state index in [9.17, 15) is 4.79 Å². The molecule has 1 amide bonds.